The third-order valence-electron chi connectivity index (χ3n) is 2.39. The maximum atomic E-state index is 11.5. The minimum atomic E-state index is -0.636. The van der Waals surface area contributed by atoms with Crippen molar-refractivity contribution in [2.24, 2.45) is 0 Å². The molecule has 1 aromatic rings. The first-order chi connectivity index (χ1) is 8.54. The average molecular weight is 247 g/mol. The summed E-state index contributed by atoms with van der Waals surface area (Å²) in [5.74, 6) is 2.59. The van der Waals surface area contributed by atoms with Crippen molar-refractivity contribution in [3.05, 3.63) is 29.8 Å². The highest BCUT2D eigenvalue weighted by Gasteiger charge is 2.14. The minimum Gasteiger partial charge on any atom is -0.481 e. The fraction of sp³-hybridized carbons (Fsp3) is 0.357. The van der Waals surface area contributed by atoms with Gasteiger partial charge < -0.3 is 15.2 Å². The Labute approximate surface area is 107 Å². The molecule has 0 aliphatic heterocycles. The van der Waals surface area contributed by atoms with Gasteiger partial charge in [-0.15, -0.1) is 6.42 Å². The molecule has 2 N–H and O–H groups in total. The Bertz CT molecular complexity index is 449. The Kier molecular flexibility index (Phi) is 5.22. The van der Waals surface area contributed by atoms with Gasteiger partial charge in [-0.05, 0) is 31.5 Å². The van der Waals surface area contributed by atoms with Crippen LogP contribution in [0, 0.1) is 12.3 Å². The molecule has 18 heavy (non-hydrogen) atoms. The smallest absolute Gasteiger partial charge is 0.261 e. The lowest BCUT2D eigenvalue weighted by molar-refractivity contribution is -0.126. The van der Waals surface area contributed by atoms with Gasteiger partial charge in [0, 0.05) is 0 Å². The molecular weight excluding hydrogens is 230 g/mol. The number of amides is 1. The summed E-state index contributed by atoms with van der Waals surface area (Å²) in [6.07, 6.45) is 3.84. The van der Waals surface area contributed by atoms with Crippen LogP contribution in [0.4, 0.5) is 0 Å². The van der Waals surface area contributed by atoms with Crippen molar-refractivity contribution in [1.82, 2.24) is 5.32 Å². The lowest BCUT2D eigenvalue weighted by Crippen LogP contribution is -2.36. The van der Waals surface area contributed by atoms with Gasteiger partial charge in [0.1, 0.15) is 5.75 Å². The van der Waals surface area contributed by atoms with E-state index in [1.807, 2.05) is 0 Å². The van der Waals surface area contributed by atoms with Crippen LogP contribution in [-0.4, -0.2) is 23.7 Å². The van der Waals surface area contributed by atoms with Gasteiger partial charge in [0.05, 0.1) is 12.6 Å². The summed E-state index contributed by atoms with van der Waals surface area (Å²) >= 11 is 0. The van der Waals surface area contributed by atoms with Gasteiger partial charge in [-0.1, -0.05) is 18.1 Å². The van der Waals surface area contributed by atoms with Gasteiger partial charge in [-0.2, -0.15) is 0 Å². The molecule has 2 atom stereocenters. The van der Waals surface area contributed by atoms with Crippen molar-refractivity contribution < 1.29 is 14.6 Å². The van der Waals surface area contributed by atoms with E-state index in [0.717, 1.165) is 5.56 Å². The predicted molar refractivity (Wildman–Crippen MR) is 69.0 cm³/mol. The molecule has 0 aromatic heterocycles. The zero-order chi connectivity index (χ0) is 13.5. The molecule has 1 aromatic carbocycles. The second-order valence-corrected chi connectivity index (χ2v) is 3.93. The van der Waals surface area contributed by atoms with Gasteiger partial charge in [-0.3, -0.25) is 4.79 Å². The summed E-state index contributed by atoms with van der Waals surface area (Å²) in [5, 5.41) is 12.0. The number of carbonyl (C=O) groups excluding carboxylic acids is 1. The molecule has 0 radical (unpaired) electrons. The number of hydrogen-bond donors (Lipinski definition) is 2. The van der Waals surface area contributed by atoms with Crippen molar-refractivity contribution in [2.75, 3.05) is 6.54 Å². The molecule has 1 rings (SSSR count). The Morgan fingerprint density at radius 1 is 1.56 bits per heavy atom. The number of aliphatic hydroxyl groups excluding tert-OH is 1. The standard InChI is InChI=1S/C14H17NO3/c1-4-8-15-14(17)11(3)18-13-7-5-6-12(9-13)10(2)16/h1,5-7,9-11,16H,8H2,2-3H3,(H,15,17)/t10-,11?/m1/s1. The van der Waals surface area contributed by atoms with E-state index in [1.165, 1.54) is 0 Å². The maximum Gasteiger partial charge on any atom is 0.261 e. The monoisotopic (exact) mass is 247 g/mol. The summed E-state index contributed by atoms with van der Waals surface area (Å²) in [6, 6.07) is 7.00. The lowest BCUT2D eigenvalue weighted by Gasteiger charge is -2.15. The van der Waals surface area contributed by atoms with Crippen molar-refractivity contribution in [2.45, 2.75) is 26.1 Å². The Morgan fingerprint density at radius 3 is 2.89 bits per heavy atom. The van der Waals surface area contributed by atoms with E-state index in [4.69, 9.17) is 11.2 Å². The van der Waals surface area contributed by atoms with Crippen LogP contribution in [0.2, 0.25) is 0 Å². The van der Waals surface area contributed by atoms with Crippen LogP contribution >= 0.6 is 0 Å². The Morgan fingerprint density at radius 2 is 2.28 bits per heavy atom. The fourth-order valence-corrected chi connectivity index (χ4v) is 1.39. The first-order valence-corrected chi connectivity index (χ1v) is 5.70. The summed E-state index contributed by atoms with van der Waals surface area (Å²) in [7, 11) is 0. The number of nitrogens with one attached hydrogen (secondary N) is 1. The fourth-order valence-electron chi connectivity index (χ4n) is 1.39. The van der Waals surface area contributed by atoms with Gasteiger partial charge >= 0.3 is 0 Å². The second-order valence-electron chi connectivity index (χ2n) is 3.93. The number of rotatable bonds is 5. The summed E-state index contributed by atoms with van der Waals surface area (Å²) in [5.41, 5.74) is 0.740. The minimum absolute atomic E-state index is 0.181. The SMILES string of the molecule is C#CCNC(=O)C(C)Oc1cccc([C@@H](C)O)c1. The highest BCUT2D eigenvalue weighted by Crippen LogP contribution is 2.19. The van der Waals surface area contributed by atoms with Crippen LogP contribution in [0.1, 0.15) is 25.5 Å². The molecule has 0 aliphatic carbocycles. The zero-order valence-corrected chi connectivity index (χ0v) is 10.5. The lowest BCUT2D eigenvalue weighted by atomic mass is 10.1. The molecule has 0 saturated heterocycles. The molecule has 0 saturated carbocycles. The van der Waals surface area contributed by atoms with Crippen molar-refractivity contribution >= 4 is 5.91 Å². The Balaban J connectivity index is 2.64. The molecule has 1 amide bonds. The van der Waals surface area contributed by atoms with Crippen LogP contribution < -0.4 is 10.1 Å². The maximum absolute atomic E-state index is 11.5. The normalized spacial score (nSPS) is 13.2. The number of hydrogen-bond acceptors (Lipinski definition) is 3. The molecule has 0 aliphatic rings. The second kappa shape index (κ2) is 6.67. The number of terminal acetylenes is 1. The molecule has 4 nitrogen and oxygen atoms in total. The van der Waals surface area contributed by atoms with Crippen molar-refractivity contribution in [3.8, 4) is 18.1 Å². The molecule has 0 bridgehead atoms. The molecule has 1 unspecified atom stereocenters. The summed E-state index contributed by atoms with van der Waals surface area (Å²) in [4.78, 5) is 11.5. The van der Waals surface area contributed by atoms with Crippen molar-refractivity contribution in [3.63, 3.8) is 0 Å². The van der Waals surface area contributed by atoms with E-state index in [1.54, 1.807) is 38.1 Å². The third kappa shape index (κ3) is 4.11. The number of aliphatic hydroxyl groups is 1. The molecule has 0 heterocycles. The van der Waals surface area contributed by atoms with E-state index in [9.17, 15) is 9.90 Å². The topological polar surface area (TPSA) is 58.6 Å². The molecule has 0 fully saturated rings. The van der Waals surface area contributed by atoms with Crippen molar-refractivity contribution in [1.29, 1.82) is 0 Å². The highest BCUT2D eigenvalue weighted by atomic mass is 16.5. The Hall–Kier alpha value is -1.99. The van der Waals surface area contributed by atoms with Gasteiger partial charge in [0.15, 0.2) is 6.10 Å². The number of ether oxygens (including phenoxy) is 1. The predicted octanol–water partition coefficient (Wildman–Crippen LogP) is 1.26. The first kappa shape index (κ1) is 14.1. The van der Waals surface area contributed by atoms with E-state index in [2.05, 4.69) is 11.2 Å². The summed E-state index contributed by atoms with van der Waals surface area (Å²) in [6.45, 7) is 3.49. The van der Waals surface area contributed by atoms with Crippen LogP contribution in [0.5, 0.6) is 5.75 Å². The zero-order valence-electron chi connectivity index (χ0n) is 10.5. The van der Waals surface area contributed by atoms with E-state index < -0.39 is 12.2 Å². The first-order valence-electron chi connectivity index (χ1n) is 5.70. The average Bonchev–Trinajstić information content (AvgIpc) is 2.36. The van der Waals surface area contributed by atoms with Gasteiger partial charge in [0.2, 0.25) is 0 Å². The van der Waals surface area contributed by atoms with Gasteiger partial charge in [-0.25, -0.2) is 0 Å². The molecule has 0 spiro atoms. The highest BCUT2D eigenvalue weighted by molar-refractivity contribution is 5.80. The van der Waals surface area contributed by atoms with Crippen LogP contribution in [0.15, 0.2) is 24.3 Å². The quantitative estimate of drug-likeness (QED) is 0.770. The third-order valence-corrected chi connectivity index (χ3v) is 2.39. The molecular formula is C14H17NO3. The molecule has 96 valence electrons. The largest absolute Gasteiger partial charge is 0.481 e. The van der Waals surface area contributed by atoms with Crippen LogP contribution in [0.25, 0.3) is 0 Å². The van der Waals surface area contributed by atoms with Crippen LogP contribution in [0.3, 0.4) is 0 Å². The number of carbonyl (C=O) groups is 1. The van der Waals surface area contributed by atoms with E-state index in [-0.39, 0.29) is 12.5 Å². The molecule has 4 heteroatoms. The van der Waals surface area contributed by atoms with E-state index in [0.29, 0.717) is 5.75 Å². The van der Waals surface area contributed by atoms with Gasteiger partial charge in [0.25, 0.3) is 5.91 Å². The summed E-state index contributed by atoms with van der Waals surface area (Å²) < 4.78 is 5.47. The van der Waals surface area contributed by atoms with E-state index >= 15 is 0 Å². The van der Waals surface area contributed by atoms with Crippen LogP contribution in [-0.2, 0) is 4.79 Å². The number of benzene rings is 1.